The fourth-order valence-electron chi connectivity index (χ4n) is 0.995. The molecule has 6 nitrogen and oxygen atoms in total. The number of oxime groups is 1. The van der Waals surface area contributed by atoms with Crippen LogP contribution in [-0.2, 0) is 4.74 Å². The standard InChI is InChI=1S/C9H10FN3O3/c1-16-9(14)12-7-3-2-5(4-6(7)10)8(11)13-15/h2-4,15H,1H3,(H2,11,13)(H,12,14). The van der Waals surface area contributed by atoms with Gasteiger partial charge in [0.25, 0.3) is 0 Å². The van der Waals surface area contributed by atoms with E-state index in [1.54, 1.807) is 0 Å². The predicted octanol–water partition coefficient (Wildman–Crippen LogP) is 1.10. The lowest BCUT2D eigenvalue weighted by atomic mass is 10.2. The molecule has 0 atom stereocenters. The zero-order valence-electron chi connectivity index (χ0n) is 8.40. The van der Waals surface area contributed by atoms with Gasteiger partial charge in [0.15, 0.2) is 5.84 Å². The van der Waals surface area contributed by atoms with Gasteiger partial charge in [-0.15, -0.1) is 0 Å². The van der Waals surface area contributed by atoms with Gasteiger partial charge in [-0.05, 0) is 18.2 Å². The highest BCUT2D eigenvalue weighted by atomic mass is 19.1. The molecule has 7 heteroatoms. The summed E-state index contributed by atoms with van der Waals surface area (Å²) in [6.45, 7) is 0. The largest absolute Gasteiger partial charge is 0.453 e. The number of carbonyl (C=O) groups excluding carboxylic acids is 1. The predicted molar refractivity (Wildman–Crippen MR) is 54.9 cm³/mol. The van der Waals surface area contributed by atoms with Crippen molar-refractivity contribution in [2.45, 2.75) is 0 Å². The molecule has 4 N–H and O–H groups in total. The van der Waals surface area contributed by atoms with E-state index < -0.39 is 11.9 Å². The van der Waals surface area contributed by atoms with Crippen molar-refractivity contribution in [3.8, 4) is 0 Å². The molecule has 0 heterocycles. The van der Waals surface area contributed by atoms with Gasteiger partial charge in [-0.2, -0.15) is 0 Å². The molecule has 1 amide bonds. The van der Waals surface area contributed by atoms with Crippen molar-refractivity contribution in [2.75, 3.05) is 12.4 Å². The Hall–Kier alpha value is -2.31. The van der Waals surface area contributed by atoms with Gasteiger partial charge in [0.1, 0.15) is 5.82 Å². The number of hydrogen-bond acceptors (Lipinski definition) is 4. The first-order valence-electron chi connectivity index (χ1n) is 4.21. The third kappa shape index (κ3) is 2.59. The topological polar surface area (TPSA) is 96.9 Å². The summed E-state index contributed by atoms with van der Waals surface area (Å²) < 4.78 is 17.7. The van der Waals surface area contributed by atoms with Gasteiger partial charge in [-0.1, -0.05) is 5.16 Å². The number of nitrogens with two attached hydrogens (primary N) is 1. The summed E-state index contributed by atoms with van der Waals surface area (Å²) >= 11 is 0. The number of nitrogens with one attached hydrogen (secondary N) is 1. The lowest BCUT2D eigenvalue weighted by molar-refractivity contribution is 0.187. The first-order chi connectivity index (χ1) is 7.58. The molecule has 1 rings (SSSR count). The summed E-state index contributed by atoms with van der Waals surface area (Å²) in [5.41, 5.74) is 5.41. The first-order valence-corrected chi connectivity index (χ1v) is 4.21. The van der Waals surface area contributed by atoms with Crippen LogP contribution in [0, 0.1) is 5.82 Å². The van der Waals surface area contributed by atoms with E-state index in [2.05, 4.69) is 15.2 Å². The van der Waals surface area contributed by atoms with Crippen molar-refractivity contribution < 1.29 is 19.1 Å². The highest BCUT2D eigenvalue weighted by Gasteiger charge is 2.09. The third-order valence-corrected chi connectivity index (χ3v) is 1.79. The summed E-state index contributed by atoms with van der Waals surface area (Å²) in [6.07, 6.45) is -0.782. The van der Waals surface area contributed by atoms with Gasteiger partial charge < -0.3 is 15.7 Å². The van der Waals surface area contributed by atoms with Crippen LogP contribution in [0.2, 0.25) is 0 Å². The zero-order valence-corrected chi connectivity index (χ0v) is 8.40. The van der Waals surface area contributed by atoms with Crippen LogP contribution < -0.4 is 11.1 Å². The number of amidine groups is 1. The second kappa shape index (κ2) is 4.96. The quantitative estimate of drug-likeness (QED) is 0.305. The second-order valence-electron chi connectivity index (χ2n) is 2.80. The molecule has 0 saturated heterocycles. The number of ether oxygens (including phenoxy) is 1. The fraction of sp³-hybridized carbons (Fsp3) is 0.111. The molecule has 0 radical (unpaired) electrons. The lowest BCUT2D eigenvalue weighted by Gasteiger charge is -2.06. The van der Waals surface area contributed by atoms with E-state index in [9.17, 15) is 9.18 Å². The smallest absolute Gasteiger partial charge is 0.411 e. The second-order valence-corrected chi connectivity index (χ2v) is 2.80. The maximum absolute atomic E-state index is 13.4. The summed E-state index contributed by atoms with van der Waals surface area (Å²) in [7, 11) is 1.16. The minimum atomic E-state index is -0.782. The van der Waals surface area contributed by atoms with Crippen LogP contribution >= 0.6 is 0 Å². The number of nitrogens with zero attached hydrogens (tertiary/aromatic N) is 1. The molecule has 1 aromatic carbocycles. The van der Waals surface area contributed by atoms with E-state index in [0.717, 1.165) is 13.2 Å². The zero-order chi connectivity index (χ0) is 12.1. The van der Waals surface area contributed by atoms with Crippen LogP contribution in [0.25, 0.3) is 0 Å². The molecule has 0 aliphatic rings. The molecule has 0 bridgehead atoms. The normalized spacial score (nSPS) is 11.0. The average Bonchev–Trinajstić information content (AvgIpc) is 2.30. The highest BCUT2D eigenvalue weighted by molar-refractivity contribution is 5.97. The molecule has 0 fully saturated rings. The summed E-state index contributed by atoms with van der Waals surface area (Å²) in [5.74, 6) is -0.932. The Morgan fingerprint density at radius 1 is 1.62 bits per heavy atom. The molecule has 0 aliphatic carbocycles. The Bertz CT molecular complexity index is 434. The monoisotopic (exact) mass is 227 g/mol. The maximum atomic E-state index is 13.4. The molecule has 0 unspecified atom stereocenters. The Labute approximate surface area is 90.5 Å². The lowest BCUT2D eigenvalue weighted by Crippen LogP contribution is -2.15. The molecule has 0 aliphatic heterocycles. The van der Waals surface area contributed by atoms with Crippen molar-refractivity contribution in [2.24, 2.45) is 10.9 Å². The van der Waals surface area contributed by atoms with E-state index in [-0.39, 0.29) is 17.1 Å². The molecule has 16 heavy (non-hydrogen) atoms. The van der Waals surface area contributed by atoms with Crippen LogP contribution in [-0.4, -0.2) is 24.2 Å². The number of carbonyl (C=O) groups is 1. The molecule has 0 spiro atoms. The SMILES string of the molecule is COC(=O)Nc1ccc(/C(N)=N/O)cc1F. The van der Waals surface area contributed by atoms with Crippen molar-refractivity contribution in [1.29, 1.82) is 0 Å². The first kappa shape index (κ1) is 11.8. The number of rotatable bonds is 2. The van der Waals surface area contributed by atoms with E-state index in [1.807, 2.05) is 0 Å². The minimum absolute atomic E-state index is 0.0543. The van der Waals surface area contributed by atoms with Crippen LogP contribution in [0.5, 0.6) is 0 Å². The number of benzene rings is 1. The maximum Gasteiger partial charge on any atom is 0.411 e. The number of hydrogen-bond donors (Lipinski definition) is 3. The molecule has 0 saturated carbocycles. The van der Waals surface area contributed by atoms with Crippen LogP contribution in [0.4, 0.5) is 14.9 Å². The van der Waals surface area contributed by atoms with Crippen LogP contribution in [0.15, 0.2) is 23.4 Å². The molecule has 1 aromatic rings. The van der Waals surface area contributed by atoms with Crippen molar-refractivity contribution in [3.05, 3.63) is 29.6 Å². The average molecular weight is 227 g/mol. The molecule has 86 valence electrons. The van der Waals surface area contributed by atoms with Gasteiger partial charge >= 0.3 is 6.09 Å². The van der Waals surface area contributed by atoms with E-state index in [1.165, 1.54) is 12.1 Å². The minimum Gasteiger partial charge on any atom is -0.453 e. The summed E-state index contributed by atoms with van der Waals surface area (Å²) in [5, 5.41) is 13.3. The van der Waals surface area contributed by atoms with E-state index in [4.69, 9.17) is 10.9 Å². The third-order valence-electron chi connectivity index (χ3n) is 1.79. The Balaban J connectivity index is 2.96. The number of halogens is 1. The van der Waals surface area contributed by atoms with Gasteiger partial charge in [0, 0.05) is 5.56 Å². The fourth-order valence-corrected chi connectivity index (χ4v) is 0.995. The van der Waals surface area contributed by atoms with Crippen LogP contribution in [0.1, 0.15) is 5.56 Å². The number of amides is 1. The Morgan fingerprint density at radius 2 is 2.31 bits per heavy atom. The highest BCUT2D eigenvalue weighted by Crippen LogP contribution is 2.15. The van der Waals surface area contributed by atoms with Gasteiger partial charge in [-0.25, -0.2) is 9.18 Å². The Kier molecular flexibility index (Phi) is 3.65. The van der Waals surface area contributed by atoms with E-state index in [0.29, 0.717) is 0 Å². The molecular weight excluding hydrogens is 217 g/mol. The molecule has 0 aromatic heterocycles. The Morgan fingerprint density at radius 3 is 2.81 bits per heavy atom. The van der Waals surface area contributed by atoms with Gasteiger partial charge in [0.2, 0.25) is 0 Å². The molecular formula is C9H10FN3O3. The summed E-state index contributed by atoms with van der Waals surface area (Å²) in [4.78, 5) is 10.8. The van der Waals surface area contributed by atoms with Crippen molar-refractivity contribution in [1.82, 2.24) is 0 Å². The summed E-state index contributed by atoms with van der Waals surface area (Å²) in [6, 6.07) is 3.70. The van der Waals surface area contributed by atoms with Crippen molar-refractivity contribution >= 4 is 17.6 Å². The van der Waals surface area contributed by atoms with Crippen molar-refractivity contribution in [3.63, 3.8) is 0 Å². The number of methoxy groups -OCH3 is 1. The van der Waals surface area contributed by atoms with Crippen LogP contribution in [0.3, 0.4) is 0 Å². The van der Waals surface area contributed by atoms with E-state index >= 15 is 0 Å². The number of anilines is 1. The van der Waals surface area contributed by atoms with Gasteiger partial charge in [-0.3, -0.25) is 5.32 Å². The van der Waals surface area contributed by atoms with Gasteiger partial charge in [0.05, 0.1) is 12.8 Å².